The van der Waals surface area contributed by atoms with Crippen molar-refractivity contribution in [1.82, 2.24) is 5.32 Å². The summed E-state index contributed by atoms with van der Waals surface area (Å²) in [5, 5.41) is 11.7. The molecule has 0 aliphatic rings. The second-order valence-corrected chi connectivity index (χ2v) is 7.12. The molecule has 0 aliphatic carbocycles. The fraction of sp³-hybridized carbons (Fsp3) is 0.300. The van der Waals surface area contributed by atoms with Gasteiger partial charge in [0.05, 0.1) is 5.56 Å². The van der Waals surface area contributed by atoms with Crippen molar-refractivity contribution >= 4 is 11.9 Å². The van der Waals surface area contributed by atoms with E-state index in [1.54, 1.807) is 12.1 Å². The molecule has 2 aromatic carbocycles. The van der Waals surface area contributed by atoms with Crippen LogP contribution in [0, 0.1) is 5.41 Å². The molecule has 4 heteroatoms. The van der Waals surface area contributed by atoms with E-state index in [4.69, 9.17) is 5.11 Å². The highest BCUT2D eigenvalue weighted by Crippen LogP contribution is 2.20. The highest BCUT2D eigenvalue weighted by atomic mass is 16.4. The van der Waals surface area contributed by atoms with Gasteiger partial charge in [-0.2, -0.15) is 0 Å². The molecule has 0 fully saturated rings. The molecule has 0 heterocycles. The van der Waals surface area contributed by atoms with Crippen molar-refractivity contribution in [2.24, 2.45) is 5.41 Å². The fourth-order valence-electron chi connectivity index (χ4n) is 2.44. The Morgan fingerprint density at radius 1 is 0.875 bits per heavy atom. The zero-order valence-corrected chi connectivity index (χ0v) is 14.3. The maximum atomic E-state index is 12.2. The summed E-state index contributed by atoms with van der Waals surface area (Å²) >= 11 is 0. The Bertz CT molecular complexity index is 710. The molecule has 126 valence electrons. The summed E-state index contributed by atoms with van der Waals surface area (Å²) in [6, 6.07) is 14.1. The third kappa shape index (κ3) is 5.23. The van der Waals surface area contributed by atoms with Gasteiger partial charge < -0.3 is 10.4 Å². The molecule has 24 heavy (non-hydrogen) atoms. The van der Waals surface area contributed by atoms with Crippen molar-refractivity contribution < 1.29 is 14.7 Å². The first-order valence-electron chi connectivity index (χ1n) is 7.94. The molecule has 2 aromatic rings. The lowest BCUT2D eigenvalue weighted by Crippen LogP contribution is -2.22. The minimum absolute atomic E-state index is 0.139. The van der Waals surface area contributed by atoms with Crippen LogP contribution in [0.1, 0.15) is 52.6 Å². The van der Waals surface area contributed by atoms with Crippen LogP contribution in [-0.2, 0) is 13.0 Å². The Morgan fingerprint density at radius 2 is 1.38 bits per heavy atom. The third-order valence-corrected chi connectivity index (χ3v) is 3.60. The first kappa shape index (κ1) is 17.7. The summed E-state index contributed by atoms with van der Waals surface area (Å²) in [5.74, 6) is -1.10. The molecule has 0 aromatic heterocycles. The normalized spacial score (nSPS) is 11.1. The van der Waals surface area contributed by atoms with E-state index in [0.29, 0.717) is 12.1 Å². The zero-order valence-electron chi connectivity index (χ0n) is 14.3. The molecule has 0 aliphatic heterocycles. The Labute approximate surface area is 142 Å². The Hall–Kier alpha value is -2.62. The Balaban J connectivity index is 1.93. The molecule has 0 spiro atoms. The average molecular weight is 325 g/mol. The molecule has 2 N–H and O–H groups in total. The monoisotopic (exact) mass is 325 g/mol. The predicted molar refractivity (Wildman–Crippen MR) is 94.2 cm³/mol. The topological polar surface area (TPSA) is 66.4 Å². The molecule has 4 nitrogen and oxygen atoms in total. The van der Waals surface area contributed by atoms with Crippen molar-refractivity contribution in [3.63, 3.8) is 0 Å². The van der Waals surface area contributed by atoms with Crippen LogP contribution in [0.2, 0.25) is 0 Å². The minimum atomic E-state index is -0.957. The van der Waals surface area contributed by atoms with Crippen LogP contribution in [0.25, 0.3) is 0 Å². The van der Waals surface area contributed by atoms with E-state index in [1.807, 2.05) is 24.3 Å². The second kappa shape index (κ2) is 7.30. The van der Waals surface area contributed by atoms with E-state index in [1.165, 1.54) is 17.7 Å². The first-order chi connectivity index (χ1) is 11.2. The molecule has 0 atom stereocenters. The number of benzene rings is 2. The van der Waals surface area contributed by atoms with Gasteiger partial charge in [-0.1, -0.05) is 45.0 Å². The number of carboxylic acids is 1. The molecule has 2 rings (SSSR count). The number of hydrogen-bond acceptors (Lipinski definition) is 2. The minimum Gasteiger partial charge on any atom is -0.478 e. The molecule has 0 saturated heterocycles. The van der Waals surface area contributed by atoms with E-state index in [2.05, 4.69) is 26.1 Å². The molecule has 0 radical (unpaired) electrons. The third-order valence-electron chi connectivity index (χ3n) is 3.60. The van der Waals surface area contributed by atoms with Gasteiger partial charge in [-0.05, 0) is 47.2 Å². The van der Waals surface area contributed by atoms with Crippen LogP contribution < -0.4 is 5.32 Å². The van der Waals surface area contributed by atoms with E-state index >= 15 is 0 Å². The number of amides is 1. The van der Waals surface area contributed by atoms with Crippen LogP contribution in [0.3, 0.4) is 0 Å². The highest BCUT2D eigenvalue weighted by Gasteiger charge is 2.12. The molecule has 0 saturated carbocycles. The van der Waals surface area contributed by atoms with Crippen LogP contribution in [0.4, 0.5) is 0 Å². The number of hydrogen-bond donors (Lipinski definition) is 2. The van der Waals surface area contributed by atoms with E-state index in [0.717, 1.165) is 12.0 Å². The van der Waals surface area contributed by atoms with Crippen LogP contribution in [0.15, 0.2) is 48.5 Å². The van der Waals surface area contributed by atoms with Gasteiger partial charge in [0, 0.05) is 12.1 Å². The van der Waals surface area contributed by atoms with Crippen molar-refractivity contribution in [1.29, 1.82) is 0 Å². The standard InChI is InChI=1S/C20H23NO3/c1-20(2,3)12-14-4-8-16(9-5-14)18(22)21-13-15-6-10-17(11-7-15)19(23)24/h4-11H,12-13H2,1-3H3,(H,21,22)(H,23,24). The van der Waals surface area contributed by atoms with Crippen molar-refractivity contribution in [2.45, 2.75) is 33.7 Å². The number of carbonyl (C=O) groups excluding carboxylic acids is 1. The molecular weight excluding hydrogens is 302 g/mol. The smallest absolute Gasteiger partial charge is 0.335 e. The van der Waals surface area contributed by atoms with Gasteiger partial charge in [-0.15, -0.1) is 0 Å². The summed E-state index contributed by atoms with van der Waals surface area (Å²) in [6.45, 7) is 6.91. The SMILES string of the molecule is CC(C)(C)Cc1ccc(C(=O)NCc2ccc(C(=O)O)cc2)cc1. The van der Waals surface area contributed by atoms with Gasteiger partial charge in [0.25, 0.3) is 5.91 Å². The molecule has 1 amide bonds. The lowest BCUT2D eigenvalue weighted by Gasteiger charge is -2.18. The fourth-order valence-corrected chi connectivity index (χ4v) is 2.44. The second-order valence-electron chi connectivity index (χ2n) is 7.12. The van der Waals surface area contributed by atoms with Crippen molar-refractivity contribution in [3.8, 4) is 0 Å². The van der Waals surface area contributed by atoms with E-state index < -0.39 is 5.97 Å². The van der Waals surface area contributed by atoms with Gasteiger partial charge in [-0.3, -0.25) is 4.79 Å². The highest BCUT2D eigenvalue weighted by molar-refractivity contribution is 5.94. The zero-order chi connectivity index (χ0) is 17.7. The summed E-state index contributed by atoms with van der Waals surface area (Å²) in [5.41, 5.74) is 3.14. The quantitative estimate of drug-likeness (QED) is 0.876. The maximum Gasteiger partial charge on any atom is 0.335 e. The predicted octanol–water partition coefficient (Wildman–Crippen LogP) is 3.90. The molecule has 0 unspecified atom stereocenters. The van der Waals surface area contributed by atoms with Gasteiger partial charge >= 0.3 is 5.97 Å². The molecular formula is C20H23NO3. The summed E-state index contributed by atoms with van der Waals surface area (Å²) in [4.78, 5) is 23.0. The number of rotatable bonds is 5. The van der Waals surface area contributed by atoms with Crippen molar-refractivity contribution in [3.05, 3.63) is 70.8 Å². The lowest BCUT2D eigenvalue weighted by molar-refractivity contribution is 0.0696. The van der Waals surface area contributed by atoms with Gasteiger partial charge in [0.1, 0.15) is 0 Å². The van der Waals surface area contributed by atoms with E-state index in [-0.39, 0.29) is 16.9 Å². The molecule has 0 bridgehead atoms. The van der Waals surface area contributed by atoms with Gasteiger partial charge in [-0.25, -0.2) is 4.79 Å². The Kier molecular flexibility index (Phi) is 5.39. The van der Waals surface area contributed by atoms with E-state index in [9.17, 15) is 9.59 Å². The number of nitrogens with one attached hydrogen (secondary N) is 1. The number of aromatic carboxylic acids is 1. The van der Waals surface area contributed by atoms with Crippen LogP contribution in [-0.4, -0.2) is 17.0 Å². The number of carboxylic acid groups (broad SMARTS) is 1. The summed E-state index contributed by atoms with van der Waals surface area (Å²) < 4.78 is 0. The largest absolute Gasteiger partial charge is 0.478 e. The van der Waals surface area contributed by atoms with Gasteiger partial charge in [0.2, 0.25) is 0 Å². The average Bonchev–Trinajstić information content (AvgIpc) is 2.52. The maximum absolute atomic E-state index is 12.2. The van der Waals surface area contributed by atoms with Gasteiger partial charge in [0.15, 0.2) is 0 Å². The Morgan fingerprint density at radius 3 is 1.88 bits per heavy atom. The number of carbonyl (C=O) groups is 2. The summed E-state index contributed by atoms with van der Waals surface area (Å²) in [7, 11) is 0. The lowest BCUT2D eigenvalue weighted by atomic mass is 9.88. The van der Waals surface area contributed by atoms with Crippen LogP contribution >= 0.6 is 0 Å². The van der Waals surface area contributed by atoms with Crippen molar-refractivity contribution in [2.75, 3.05) is 0 Å². The first-order valence-corrected chi connectivity index (χ1v) is 7.94. The van der Waals surface area contributed by atoms with Crippen LogP contribution in [0.5, 0.6) is 0 Å². The summed E-state index contributed by atoms with van der Waals surface area (Å²) in [6.07, 6.45) is 0.963.